The summed E-state index contributed by atoms with van der Waals surface area (Å²) in [6, 6.07) is 6.81. The Morgan fingerprint density at radius 2 is 1.81 bits per heavy atom. The summed E-state index contributed by atoms with van der Waals surface area (Å²) >= 11 is 0. The molecule has 0 aliphatic carbocycles. The minimum atomic E-state index is 0.519. The molecule has 0 aliphatic rings. The van der Waals surface area contributed by atoms with Crippen molar-refractivity contribution in [1.29, 1.82) is 0 Å². The number of nitrogens with two attached hydrogens (primary N) is 1. The average molecular weight is 220 g/mol. The molecule has 0 heterocycles. The van der Waals surface area contributed by atoms with Gasteiger partial charge < -0.3 is 10.6 Å². The Hall–Kier alpha value is -1.18. The minimum absolute atomic E-state index is 0.519. The number of hydrogen-bond donors (Lipinski definition) is 1. The summed E-state index contributed by atoms with van der Waals surface area (Å²) in [6.45, 7) is 12.1. The van der Waals surface area contributed by atoms with Crippen LogP contribution in [-0.4, -0.2) is 12.6 Å². The van der Waals surface area contributed by atoms with Crippen molar-refractivity contribution in [3.8, 4) is 0 Å². The number of nitrogen functional groups attached to an aromatic ring is 1. The van der Waals surface area contributed by atoms with E-state index in [2.05, 4.69) is 51.7 Å². The van der Waals surface area contributed by atoms with E-state index in [0.717, 1.165) is 17.8 Å². The summed E-state index contributed by atoms with van der Waals surface area (Å²) in [5, 5.41) is 0. The third-order valence-electron chi connectivity index (χ3n) is 2.77. The van der Waals surface area contributed by atoms with Gasteiger partial charge in [0.1, 0.15) is 0 Å². The van der Waals surface area contributed by atoms with Crippen LogP contribution in [0.15, 0.2) is 18.2 Å². The van der Waals surface area contributed by atoms with Crippen molar-refractivity contribution in [2.45, 2.75) is 40.7 Å². The normalized spacial score (nSPS) is 11.2. The third kappa shape index (κ3) is 3.16. The fraction of sp³-hybridized carbons (Fsp3) is 0.571. The summed E-state index contributed by atoms with van der Waals surface area (Å²) in [5.74, 6) is 0.667. The smallest absolute Gasteiger partial charge is 0.0372 e. The zero-order valence-corrected chi connectivity index (χ0v) is 11.1. The summed E-state index contributed by atoms with van der Waals surface area (Å²) in [7, 11) is 0. The number of anilines is 2. The van der Waals surface area contributed by atoms with Gasteiger partial charge in [-0.3, -0.25) is 0 Å². The minimum Gasteiger partial charge on any atom is -0.399 e. The van der Waals surface area contributed by atoms with Crippen LogP contribution >= 0.6 is 0 Å². The summed E-state index contributed by atoms with van der Waals surface area (Å²) in [5.41, 5.74) is 9.15. The van der Waals surface area contributed by atoms with E-state index in [1.165, 1.54) is 5.69 Å². The third-order valence-corrected chi connectivity index (χ3v) is 2.77. The first-order valence-corrected chi connectivity index (χ1v) is 6.04. The van der Waals surface area contributed by atoms with Gasteiger partial charge in [0.2, 0.25) is 0 Å². The highest BCUT2D eigenvalue weighted by Gasteiger charge is 2.12. The van der Waals surface area contributed by atoms with E-state index < -0.39 is 0 Å². The van der Waals surface area contributed by atoms with Gasteiger partial charge in [-0.05, 0) is 50.5 Å². The van der Waals surface area contributed by atoms with E-state index in [1.807, 2.05) is 6.07 Å². The van der Waals surface area contributed by atoms with Gasteiger partial charge >= 0.3 is 0 Å². The first kappa shape index (κ1) is 12.9. The molecule has 0 aliphatic heterocycles. The molecule has 0 atom stereocenters. The molecule has 2 nitrogen and oxygen atoms in total. The van der Waals surface area contributed by atoms with Crippen molar-refractivity contribution in [3.05, 3.63) is 23.8 Å². The molecule has 0 saturated carbocycles. The van der Waals surface area contributed by atoms with Crippen LogP contribution in [0.4, 0.5) is 11.4 Å². The second kappa shape index (κ2) is 5.24. The van der Waals surface area contributed by atoms with Crippen LogP contribution in [0.5, 0.6) is 0 Å². The zero-order valence-electron chi connectivity index (χ0n) is 11.1. The molecule has 0 saturated heterocycles. The Labute approximate surface area is 99.5 Å². The highest BCUT2D eigenvalue weighted by Crippen LogP contribution is 2.23. The Bertz CT molecular complexity index is 343. The van der Waals surface area contributed by atoms with E-state index in [4.69, 9.17) is 5.73 Å². The lowest BCUT2D eigenvalue weighted by Gasteiger charge is -2.31. The van der Waals surface area contributed by atoms with Gasteiger partial charge in [0.05, 0.1) is 0 Å². The van der Waals surface area contributed by atoms with Gasteiger partial charge in [0.25, 0.3) is 0 Å². The first-order valence-electron chi connectivity index (χ1n) is 6.04. The number of rotatable bonds is 4. The Morgan fingerprint density at radius 1 is 1.19 bits per heavy atom. The molecule has 0 aromatic heterocycles. The van der Waals surface area contributed by atoms with Gasteiger partial charge in [0, 0.05) is 24.0 Å². The lowest BCUT2D eigenvalue weighted by Crippen LogP contribution is -2.34. The van der Waals surface area contributed by atoms with Crippen LogP contribution in [0.25, 0.3) is 0 Å². The maximum atomic E-state index is 5.85. The van der Waals surface area contributed by atoms with Gasteiger partial charge in [-0.15, -0.1) is 0 Å². The molecule has 0 bridgehead atoms. The highest BCUT2D eigenvalue weighted by molar-refractivity contribution is 5.58. The van der Waals surface area contributed by atoms with E-state index in [1.54, 1.807) is 0 Å². The number of benzene rings is 1. The van der Waals surface area contributed by atoms with E-state index >= 15 is 0 Å². The van der Waals surface area contributed by atoms with E-state index in [-0.39, 0.29) is 0 Å². The number of aryl methyl sites for hydroxylation is 1. The standard InChI is InChI=1S/C14H24N2/c1-10(2)9-16(11(3)4)13-6-7-14(15)12(5)8-13/h6-8,10-11H,9,15H2,1-5H3. The van der Waals surface area contributed by atoms with Crippen LogP contribution in [0.2, 0.25) is 0 Å². The first-order chi connectivity index (χ1) is 7.41. The molecule has 0 unspecified atom stereocenters. The summed E-state index contributed by atoms with van der Waals surface area (Å²) in [6.07, 6.45) is 0. The van der Waals surface area contributed by atoms with Crippen molar-refractivity contribution in [3.63, 3.8) is 0 Å². The lowest BCUT2D eigenvalue weighted by molar-refractivity contribution is 0.571. The second-order valence-corrected chi connectivity index (χ2v) is 5.18. The molecule has 0 spiro atoms. The van der Waals surface area contributed by atoms with Crippen molar-refractivity contribution in [2.75, 3.05) is 17.2 Å². The highest BCUT2D eigenvalue weighted by atomic mass is 15.2. The lowest BCUT2D eigenvalue weighted by atomic mass is 10.1. The van der Waals surface area contributed by atoms with Crippen molar-refractivity contribution < 1.29 is 0 Å². The molecule has 16 heavy (non-hydrogen) atoms. The molecule has 1 aromatic rings. The zero-order chi connectivity index (χ0) is 12.3. The topological polar surface area (TPSA) is 29.3 Å². The van der Waals surface area contributed by atoms with Crippen molar-refractivity contribution >= 4 is 11.4 Å². The van der Waals surface area contributed by atoms with Gasteiger partial charge in [-0.1, -0.05) is 13.8 Å². The molecular formula is C14H24N2. The molecule has 1 aromatic carbocycles. The quantitative estimate of drug-likeness (QED) is 0.787. The van der Waals surface area contributed by atoms with Crippen molar-refractivity contribution in [2.24, 2.45) is 5.92 Å². The predicted molar refractivity (Wildman–Crippen MR) is 72.9 cm³/mol. The van der Waals surface area contributed by atoms with Crippen LogP contribution in [0.1, 0.15) is 33.3 Å². The van der Waals surface area contributed by atoms with E-state index in [9.17, 15) is 0 Å². The molecule has 2 N–H and O–H groups in total. The largest absolute Gasteiger partial charge is 0.399 e. The summed E-state index contributed by atoms with van der Waals surface area (Å²) < 4.78 is 0. The fourth-order valence-electron chi connectivity index (χ4n) is 1.85. The fourth-order valence-corrected chi connectivity index (χ4v) is 1.85. The van der Waals surface area contributed by atoms with Crippen molar-refractivity contribution in [1.82, 2.24) is 0 Å². The predicted octanol–water partition coefficient (Wildman–Crippen LogP) is 3.45. The number of hydrogen-bond acceptors (Lipinski definition) is 2. The van der Waals surface area contributed by atoms with Crippen LogP contribution in [-0.2, 0) is 0 Å². The average Bonchev–Trinajstić information content (AvgIpc) is 2.18. The Kier molecular flexibility index (Phi) is 4.22. The molecule has 0 amide bonds. The second-order valence-electron chi connectivity index (χ2n) is 5.18. The van der Waals surface area contributed by atoms with Gasteiger partial charge in [0.15, 0.2) is 0 Å². The van der Waals surface area contributed by atoms with Gasteiger partial charge in [-0.2, -0.15) is 0 Å². The van der Waals surface area contributed by atoms with E-state index in [0.29, 0.717) is 12.0 Å². The Morgan fingerprint density at radius 3 is 2.25 bits per heavy atom. The molecule has 0 fully saturated rings. The molecule has 1 rings (SSSR count). The SMILES string of the molecule is Cc1cc(N(CC(C)C)C(C)C)ccc1N. The number of nitrogens with zero attached hydrogens (tertiary/aromatic N) is 1. The summed E-state index contributed by atoms with van der Waals surface area (Å²) in [4.78, 5) is 2.43. The van der Waals surface area contributed by atoms with Crippen LogP contribution in [0.3, 0.4) is 0 Å². The maximum absolute atomic E-state index is 5.85. The van der Waals surface area contributed by atoms with Crippen LogP contribution < -0.4 is 10.6 Å². The Balaban J connectivity index is 2.97. The molecule has 2 heteroatoms. The molecule has 90 valence electrons. The molecule has 0 radical (unpaired) electrons. The molecular weight excluding hydrogens is 196 g/mol. The monoisotopic (exact) mass is 220 g/mol. The van der Waals surface area contributed by atoms with Gasteiger partial charge in [-0.25, -0.2) is 0 Å². The maximum Gasteiger partial charge on any atom is 0.0372 e. The van der Waals surface area contributed by atoms with Crippen LogP contribution in [0, 0.1) is 12.8 Å².